The average Bonchev–Trinajstić information content (AvgIpc) is 2.52. The summed E-state index contributed by atoms with van der Waals surface area (Å²) in [7, 11) is 0. The molecule has 1 aromatic rings. The van der Waals surface area contributed by atoms with Gasteiger partial charge in [-0.2, -0.15) is 0 Å². The van der Waals surface area contributed by atoms with Crippen LogP contribution in [0.3, 0.4) is 0 Å². The summed E-state index contributed by atoms with van der Waals surface area (Å²) in [6, 6.07) is 10.5. The second kappa shape index (κ2) is 8.43. The average molecular weight is 474 g/mol. The molecule has 0 N–H and O–H groups in total. The van der Waals surface area contributed by atoms with Crippen LogP contribution in [-0.4, -0.2) is 40.4 Å². The standard InChI is InChI=1S/C21H31IO4/c1-20(2)23-16(10-15-8-6-5-7-9-15)11-17(24-20)12-18-13-19(14-22)26-21(3,4)25-18/h5-9,16-19H,10-14H2,1-4H3/t16-,17+,18-,19+/m0/s1. The van der Waals surface area contributed by atoms with Crippen molar-refractivity contribution >= 4 is 22.6 Å². The number of rotatable bonds is 5. The molecule has 0 unspecified atom stereocenters. The van der Waals surface area contributed by atoms with E-state index in [1.807, 2.05) is 27.7 Å². The van der Waals surface area contributed by atoms with Gasteiger partial charge in [0.05, 0.1) is 24.4 Å². The summed E-state index contributed by atoms with van der Waals surface area (Å²) in [4.78, 5) is 0. The van der Waals surface area contributed by atoms with Gasteiger partial charge in [-0.25, -0.2) is 0 Å². The van der Waals surface area contributed by atoms with Gasteiger partial charge in [0.15, 0.2) is 11.6 Å². The summed E-state index contributed by atoms with van der Waals surface area (Å²) in [5.74, 6) is -1.09. The maximum absolute atomic E-state index is 6.24. The highest BCUT2D eigenvalue weighted by Crippen LogP contribution is 2.35. The lowest BCUT2D eigenvalue weighted by Gasteiger charge is -2.45. The zero-order valence-electron chi connectivity index (χ0n) is 16.2. The van der Waals surface area contributed by atoms with Crippen molar-refractivity contribution in [3.05, 3.63) is 35.9 Å². The molecule has 1 aromatic carbocycles. The Morgan fingerprint density at radius 3 is 1.88 bits per heavy atom. The van der Waals surface area contributed by atoms with E-state index < -0.39 is 11.6 Å². The number of alkyl halides is 1. The van der Waals surface area contributed by atoms with Crippen molar-refractivity contribution < 1.29 is 18.9 Å². The molecule has 0 saturated carbocycles. The first-order valence-electron chi connectivity index (χ1n) is 9.56. The van der Waals surface area contributed by atoms with Crippen molar-refractivity contribution in [3.8, 4) is 0 Å². The van der Waals surface area contributed by atoms with Crippen molar-refractivity contribution in [2.24, 2.45) is 0 Å². The summed E-state index contributed by atoms with van der Waals surface area (Å²) >= 11 is 2.39. The van der Waals surface area contributed by atoms with Crippen LogP contribution in [0.25, 0.3) is 0 Å². The number of ether oxygens (including phenoxy) is 4. The molecule has 2 fully saturated rings. The number of benzene rings is 1. The lowest BCUT2D eigenvalue weighted by Crippen LogP contribution is -2.49. The van der Waals surface area contributed by atoms with E-state index in [1.165, 1.54) is 5.56 Å². The van der Waals surface area contributed by atoms with E-state index in [9.17, 15) is 0 Å². The van der Waals surface area contributed by atoms with Gasteiger partial charge in [-0.15, -0.1) is 0 Å². The molecule has 2 aliphatic rings. The van der Waals surface area contributed by atoms with Gasteiger partial charge in [0.1, 0.15) is 0 Å². The minimum Gasteiger partial charge on any atom is -0.347 e. The topological polar surface area (TPSA) is 36.9 Å². The fourth-order valence-electron chi connectivity index (χ4n) is 4.12. The lowest BCUT2D eigenvalue weighted by atomic mass is 9.95. The first-order chi connectivity index (χ1) is 12.2. The molecule has 0 aromatic heterocycles. The summed E-state index contributed by atoms with van der Waals surface area (Å²) < 4.78 is 25.6. The van der Waals surface area contributed by atoms with Crippen LogP contribution < -0.4 is 0 Å². The third-order valence-corrected chi connectivity index (χ3v) is 5.84. The molecule has 0 radical (unpaired) electrons. The first kappa shape index (κ1) is 20.5. The van der Waals surface area contributed by atoms with E-state index in [2.05, 4.69) is 52.9 Å². The molecule has 4 nitrogen and oxygen atoms in total. The van der Waals surface area contributed by atoms with E-state index >= 15 is 0 Å². The van der Waals surface area contributed by atoms with Crippen LogP contribution in [0, 0.1) is 0 Å². The molecule has 2 saturated heterocycles. The maximum Gasteiger partial charge on any atom is 0.163 e. The van der Waals surface area contributed by atoms with Crippen LogP contribution in [-0.2, 0) is 25.4 Å². The van der Waals surface area contributed by atoms with E-state index in [4.69, 9.17) is 18.9 Å². The van der Waals surface area contributed by atoms with Gasteiger partial charge in [-0.1, -0.05) is 52.9 Å². The van der Waals surface area contributed by atoms with E-state index in [0.717, 1.165) is 30.1 Å². The molecule has 0 amide bonds. The number of halogens is 1. The van der Waals surface area contributed by atoms with E-state index in [1.54, 1.807) is 0 Å². The van der Waals surface area contributed by atoms with Crippen molar-refractivity contribution in [1.29, 1.82) is 0 Å². The van der Waals surface area contributed by atoms with Crippen LogP contribution in [0.2, 0.25) is 0 Å². The van der Waals surface area contributed by atoms with E-state index in [-0.39, 0.29) is 24.4 Å². The SMILES string of the molecule is CC1(C)O[C@@H](C[C@H]2C[C@H](Cc3ccccc3)OC(C)(C)O2)C[C@H](CI)O1. The van der Waals surface area contributed by atoms with Gasteiger partial charge >= 0.3 is 0 Å². The highest BCUT2D eigenvalue weighted by atomic mass is 127. The fourth-order valence-corrected chi connectivity index (χ4v) is 4.66. The van der Waals surface area contributed by atoms with Gasteiger partial charge < -0.3 is 18.9 Å². The predicted octanol–water partition coefficient (Wildman–Crippen LogP) is 4.87. The van der Waals surface area contributed by atoms with E-state index in [0.29, 0.717) is 0 Å². The van der Waals surface area contributed by atoms with Crippen molar-refractivity contribution in [2.75, 3.05) is 4.43 Å². The Morgan fingerprint density at radius 2 is 1.31 bits per heavy atom. The molecule has 5 heteroatoms. The predicted molar refractivity (Wildman–Crippen MR) is 111 cm³/mol. The Bertz CT molecular complexity index is 575. The van der Waals surface area contributed by atoms with Crippen LogP contribution in [0.5, 0.6) is 0 Å². The molecule has 26 heavy (non-hydrogen) atoms. The van der Waals surface area contributed by atoms with Crippen molar-refractivity contribution in [2.45, 2.75) is 89.4 Å². The highest BCUT2D eigenvalue weighted by Gasteiger charge is 2.40. The molecule has 0 aliphatic carbocycles. The molecule has 0 bridgehead atoms. The largest absolute Gasteiger partial charge is 0.347 e. The molecule has 0 spiro atoms. The smallest absolute Gasteiger partial charge is 0.163 e. The molecule has 3 rings (SSSR count). The van der Waals surface area contributed by atoms with Crippen LogP contribution in [0.4, 0.5) is 0 Å². The van der Waals surface area contributed by atoms with Gasteiger partial charge in [-0.05, 0) is 39.7 Å². The summed E-state index contributed by atoms with van der Waals surface area (Å²) in [6.07, 6.45) is 4.34. The normalized spacial score (nSPS) is 33.7. The molecule has 146 valence electrons. The number of hydrogen-bond donors (Lipinski definition) is 0. The quantitative estimate of drug-likeness (QED) is 0.451. The lowest BCUT2D eigenvalue weighted by molar-refractivity contribution is -0.322. The summed E-state index contributed by atoms with van der Waals surface area (Å²) in [5.41, 5.74) is 1.31. The van der Waals surface area contributed by atoms with Crippen LogP contribution in [0.1, 0.15) is 52.5 Å². The van der Waals surface area contributed by atoms with Crippen molar-refractivity contribution in [1.82, 2.24) is 0 Å². The zero-order valence-corrected chi connectivity index (χ0v) is 18.4. The van der Waals surface area contributed by atoms with Gasteiger partial charge in [0.2, 0.25) is 0 Å². The molecular formula is C21H31IO4. The molecule has 2 aliphatic heterocycles. The Balaban J connectivity index is 1.63. The second-order valence-corrected chi connectivity index (χ2v) is 9.19. The van der Waals surface area contributed by atoms with Gasteiger partial charge in [0.25, 0.3) is 0 Å². The molecule has 2 heterocycles. The molecule has 4 atom stereocenters. The summed E-state index contributed by atoms with van der Waals surface area (Å²) in [6.45, 7) is 8.04. The Morgan fingerprint density at radius 1 is 0.808 bits per heavy atom. The van der Waals surface area contributed by atoms with Crippen LogP contribution in [0.15, 0.2) is 30.3 Å². The summed E-state index contributed by atoms with van der Waals surface area (Å²) in [5, 5.41) is 0. The minimum atomic E-state index is -0.564. The highest BCUT2D eigenvalue weighted by molar-refractivity contribution is 14.1. The second-order valence-electron chi connectivity index (χ2n) is 8.31. The third kappa shape index (κ3) is 5.89. The van der Waals surface area contributed by atoms with Crippen molar-refractivity contribution in [3.63, 3.8) is 0 Å². The van der Waals surface area contributed by atoms with Crippen LogP contribution >= 0.6 is 22.6 Å². The monoisotopic (exact) mass is 474 g/mol. The molecular weight excluding hydrogens is 443 g/mol. The maximum atomic E-state index is 6.24. The van der Waals surface area contributed by atoms with Gasteiger partial charge in [-0.3, -0.25) is 0 Å². The minimum absolute atomic E-state index is 0.140. The Labute approximate surface area is 171 Å². The Hall–Kier alpha value is -0.210. The first-order valence-corrected chi connectivity index (χ1v) is 11.1. The zero-order chi connectivity index (χ0) is 18.8. The Kier molecular flexibility index (Phi) is 6.66. The van der Waals surface area contributed by atoms with Gasteiger partial charge in [0, 0.05) is 23.7 Å². The third-order valence-electron chi connectivity index (χ3n) is 4.86. The fraction of sp³-hybridized carbons (Fsp3) is 0.714. The number of hydrogen-bond acceptors (Lipinski definition) is 4.